The maximum atomic E-state index is 10.7. The minimum Gasteiger partial charge on any atom is -0.496 e. The Kier molecular flexibility index (Phi) is 4.01. The predicted molar refractivity (Wildman–Crippen MR) is 72.6 cm³/mol. The number of ether oxygens (including phenoxy) is 1. The number of nitrogens with two attached hydrogens (primary N) is 1. The molecule has 0 radical (unpaired) electrons. The molecule has 2 aromatic rings. The van der Waals surface area contributed by atoms with Crippen LogP contribution in [0.4, 0.5) is 5.69 Å². The van der Waals surface area contributed by atoms with Crippen molar-refractivity contribution in [3.05, 3.63) is 41.9 Å². The molecule has 0 atom stereocenters. The number of carboxylic acids is 1. The van der Waals surface area contributed by atoms with Crippen molar-refractivity contribution in [1.82, 2.24) is 0 Å². The minimum atomic E-state index is -1.07. The molecule has 0 aliphatic rings. The molecule has 0 saturated carbocycles. The zero-order valence-corrected chi connectivity index (χ0v) is 11.1. The molecule has 0 amide bonds. The number of aromatic carboxylic acids is 1. The molecule has 0 unspecified atom stereocenters. The summed E-state index contributed by atoms with van der Waals surface area (Å²) < 4.78 is 10.4. The van der Waals surface area contributed by atoms with E-state index in [1.165, 1.54) is 17.8 Å². The van der Waals surface area contributed by atoms with E-state index in [4.69, 9.17) is 20.0 Å². The van der Waals surface area contributed by atoms with Gasteiger partial charge < -0.3 is 20.0 Å². The van der Waals surface area contributed by atoms with E-state index in [9.17, 15) is 4.79 Å². The summed E-state index contributed by atoms with van der Waals surface area (Å²) in [7, 11) is 1.58. The number of furan rings is 1. The maximum Gasteiger partial charge on any atom is 0.371 e. The number of hydrogen-bond acceptors (Lipinski definition) is 5. The summed E-state index contributed by atoms with van der Waals surface area (Å²) in [5, 5.41) is 8.76. The molecular formula is C13H13NO4S. The van der Waals surface area contributed by atoms with Crippen LogP contribution in [-0.4, -0.2) is 18.2 Å². The van der Waals surface area contributed by atoms with Gasteiger partial charge >= 0.3 is 5.97 Å². The lowest BCUT2D eigenvalue weighted by atomic mass is 10.3. The number of nitrogen functional groups attached to an aromatic ring is 1. The van der Waals surface area contributed by atoms with Crippen molar-refractivity contribution in [2.24, 2.45) is 0 Å². The third-order valence-electron chi connectivity index (χ3n) is 2.43. The Balaban J connectivity index is 2.07. The maximum absolute atomic E-state index is 10.7. The van der Waals surface area contributed by atoms with Gasteiger partial charge in [-0.05, 0) is 24.3 Å². The van der Waals surface area contributed by atoms with E-state index in [1.807, 2.05) is 6.07 Å². The number of hydrogen-bond donors (Lipinski definition) is 2. The van der Waals surface area contributed by atoms with Gasteiger partial charge in [0, 0.05) is 16.6 Å². The molecule has 0 aliphatic heterocycles. The van der Waals surface area contributed by atoms with E-state index >= 15 is 0 Å². The molecule has 0 bridgehead atoms. The van der Waals surface area contributed by atoms with Gasteiger partial charge in [0.2, 0.25) is 5.76 Å². The normalized spacial score (nSPS) is 10.4. The average Bonchev–Trinajstić information content (AvgIpc) is 2.86. The largest absolute Gasteiger partial charge is 0.496 e. The zero-order chi connectivity index (χ0) is 13.8. The van der Waals surface area contributed by atoms with Crippen molar-refractivity contribution in [3.63, 3.8) is 0 Å². The highest BCUT2D eigenvalue weighted by Crippen LogP contribution is 2.33. The first kappa shape index (κ1) is 13.4. The summed E-state index contributed by atoms with van der Waals surface area (Å²) in [6.45, 7) is 0. The minimum absolute atomic E-state index is 0.0557. The van der Waals surface area contributed by atoms with Gasteiger partial charge in [-0.2, -0.15) is 0 Å². The van der Waals surface area contributed by atoms with Gasteiger partial charge in [0.25, 0.3) is 0 Å². The summed E-state index contributed by atoms with van der Waals surface area (Å²) in [5.74, 6) is 0.686. The number of methoxy groups -OCH3 is 1. The van der Waals surface area contributed by atoms with Crippen molar-refractivity contribution in [2.75, 3.05) is 12.8 Å². The highest BCUT2D eigenvalue weighted by molar-refractivity contribution is 7.98. The molecule has 19 heavy (non-hydrogen) atoms. The van der Waals surface area contributed by atoms with Crippen LogP contribution in [0.1, 0.15) is 16.3 Å². The predicted octanol–water partition coefficient (Wildman–Crippen LogP) is 2.86. The second kappa shape index (κ2) is 5.71. The average molecular weight is 279 g/mol. The van der Waals surface area contributed by atoms with Crippen molar-refractivity contribution in [1.29, 1.82) is 0 Å². The van der Waals surface area contributed by atoms with Gasteiger partial charge in [-0.1, -0.05) is 0 Å². The van der Waals surface area contributed by atoms with E-state index in [2.05, 4.69) is 0 Å². The number of thioether (sulfide) groups is 1. The Morgan fingerprint density at radius 1 is 1.42 bits per heavy atom. The fourth-order valence-corrected chi connectivity index (χ4v) is 2.42. The van der Waals surface area contributed by atoms with Gasteiger partial charge in [-0.25, -0.2) is 4.79 Å². The Bertz CT molecular complexity index is 594. The second-order valence-corrected chi connectivity index (χ2v) is 4.79. The quantitative estimate of drug-likeness (QED) is 0.646. The molecule has 3 N–H and O–H groups in total. The molecule has 6 heteroatoms. The van der Waals surface area contributed by atoms with Crippen molar-refractivity contribution < 1.29 is 19.1 Å². The summed E-state index contributed by atoms with van der Waals surface area (Å²) in [6, 6.07) is 8.49. The monoisotopic (exact) mass is 279 g/mol. The second-order valence-electron chi connectivity index (χ2n) is 3.77. The molecule has 100 valence electrons. The highest BCUT2D eigenvalue weighted by atomic mass is 32.2. The van der Waals surface area contributed by atoms with E-state index in [0.29, 0.717) is 22.9 Å². The third-order valence-corrected chi connectivity index (χ3v) is 3.51. The molecule has 0 aliphatic carbocycles. The first-order valence-corrected chi connectivity index (χ1v) is 6.47. The molecule has 0 fully saturated rings. The molecule has 0 saturated heterocycles. The van der Waals surface area contributed by atoms with Crippen LogP contribution in [0.5, 0.6) is 5.75 Å². The summed E-state index contributed by atoms with van der Waals surface area (Å²) in [6.07, 6.45) is 0. The van der Waals surface area contributed by atoms with Gasteiger partial charge in [0.05, 0.1) is 12.9 Å². The van der Waals surface area contributed by atoms with E-state index in [1.54, 1.807) is 25.3 Å². The van der Waals surface area contributed by atoms with Crippen LogP contribution in [0.15, 0.2) is 39.6 Å². The van der Waals surface area contributed by atoms with Crippen LogP contribution in [0, 0.1) is 0 Å². The Morgan fingerprint density at radius 2 is 2.21 bits per heavy atom. The molecule has 1 heterocycles. The molecule has 0 spiro atoms. The number of anilines is 1. The fourth-order valence-electron chi connectivity index (χ4n) is 1.52. The molecule has 5 nitrogen and oxygen atoms in total. The van der Waals surface area contributed by atoms with Crippen molar-refractivity contribution in [3.8, 4) is 5.75 Å². The van der Waals surface area contributed by atoms with Gasteiger partial charge in [0.1, 0.15) is 11.5 Å². The summed E-state index contributed by atoms with van der Waals surface area (Å²) >= 11 is 1.49. The van der Waals surface area contributed by atoms with E-state index in [-0.39, 0.29) is 5.76 Å². The number of rotatable bonds is 5. The number of benzene rings is 1. The lowest BCUT2D eigenvalue weighted by Gasteiger charge is -2.07. The first-order chi connectivity index (χ1) is 9.10. The topological polar surface area (TPSA) is 85.7 Å². The fraction of sp³-hybridized carbons (Fsp3) is 0.154. The van der Waals surface area contributed by atoms with Crippen molar-refractivity contribution >= 4 is 23.4 Å². The zero-order valence-electron chi connectivity index (χ0n) is 10.3. The molecule has 1 aromatic carbocycles. The molecule has 2 rings (SSSR count). The first-order valence-electron chi connectivity index (χ1n) is 5.48. The standard InChI is InChI=1S/C13H13NO4S/c1-17-11-6-8(14)2-5-12(11)19-7-9-3-4-10(18-9)13(15)16/h2-6H,7,14H2,1H3,(H,15,16). The van der Waals surface area contributed by atoms with E-state index in [0.717, 1.165) is 4.90 Å². The molecular weight excluding hydrogens is 266 g/mol. The lowest BCUT2D eigenvalue weighted by Crippen LogP contribution is -1.92. The lowest BCUT2D eigenvalue weighted by molar-refractivity contribution is 0.0661. The number of carbonyl (C=O) groups is 1. The Hall–Kier alpha value is -2.08. The van der Waals surface area contributed by atoms with Crippen LogP contribution >= 0.6 is 11.8 Å². The van der Waals surface area contributed by atoms with Crippen LogP contribution < -0.4 is 10.5 Å². The Morgan fingerprint density at radius 3 is 2.84 bits per heavy atom. The number of carboxylic acid groups (broad SMARTS) is 1. The molecule has 1 aromatic heterocycles. The van der Waals surface area contributed by atoms with Crippen LogP contribution in [0.3, 0.4) is 0 Å². The van der Waals surface area contributed by atoms with Gasteiger partial charge in [-0.3, -0.25) is 0 Å². The SMILES string of the molecule is COc1cc(N)ccc1SCc1ccc(C(=O)O)o1. The highest BCUT2D eigenvalue weighted by Gasteiger charge is 2.10. The van der Waals surface area contributed by atoms with Crippen LogP contribution in [0.25, 0.3) is 0 Å². The van der Waals surface area contributed by atoms with Gasteiger partial charge in [0.15, 0.2) is 0 Å². The smallest absolute Gasteiger partial charge is 0.371 e. The summed E-state index contributed by atoms with van der Waals surface area (Å²) in [5.41, 5.74) is 6.31. The van der Waals surface area contributed by atoms with Crippen LogP contribution in [-0.2, 0) is 5.75 Å². The third kappa shape index (κ3) is 3.23. The van der Waals surface area contributed by atoms with Crippen LogP contribution in [0.2, 0.25) is 0 Å². The van der Waals surface area contributed by atoms with Crippen molar-refractivity contribution in [2.45, 2.75) is 10.6 Å². The van der Waals surface area contributed by atoms with E-state index < -0.39 is 5.97 Å². The summed E-state index contributed by atoms with van der Waals surface area (Å²) in [4.78, 5) is 11.6. The van der Waals surface area contributed by atoms with Gasteiger partial charge in [-0.15, -0.1) is 11.8 Å². The Labute approximate surface area is 114 Å².